The monoisotopic (exact) mass is 333 g/mol. The molecule has 6 nitrogen and oxygen atoms in total. The SMILES string of the molecule is Cc1ccc(S(=O)(=O)N2CCC(N)CC2)cc1C(N)=O.Cl. The van der Waals surface area contributed by atoms with Crippen molar-refractivity contribution in [2.75, 3.05) is 13.1 Å². The highest BCUT2D eigenvalue weighted by Gasteiger charge is 2.28. The van der Waals surface area contributed by atoms with Crippen molar-refractivity contribution in [2.24, 2.45) is 11.5 Å². The molecule has 4 N–H and O–H groups in total. The van der Waals surface area contributed by atoms with Crippen LogP contribution in [0.4, 0.5) is 0 Å². The van der Waals surface area contributed by atoms with Crippen LogP contribution in [-0.4, -0.2) is 37.8 Å². The van der Waals surface area contributed by atoms with Gasteiger partial charge in [0.1, 0.15) is 0 Å². The normalized spacial score (nSPS) is 17.2. The summed E-state index contributed by atoms with van der Waals surface area (Å²) in [6, 6.07) is 4.51. The quantitative estimate of drug-likeness (QED) is 0.845. The van der Waals surface area contributed by atoms with E-state index in [0.29, 0.717) is 31.5 Å². The summed E-state index contributed by atoms with van der Waals surface area (Å²) in [5.74, 6) is -0.625. The van der Waals surface area contributed by atoms with Gasteiger partial charge in [-0.3, -0.25) is 4.79 Å². The number of nitrogens with zero attached hydrogens (tertiary/aromatic N) is 1. The number of amides is 1. The van der Waals surface area contributed by atoms with Crippen LogP contribution in [0.5, 0.6) is 0 Å². The Balaban J connectivity index is 0.00000220. The minimum absolute atomic E-state index is 0. The first-order valence-electron chi connectivity index (χ1n) is 6.48. The van der Waals surface area contributed by atoms with Gasteiger partial charge in [0, 0.05) is 24.7 Å². The van der Waals surface area contributed by atoms with E-state index in [1.807, 2.05) is 0 Å². The lowest BCUT2D eigenvalue weighted by atomic mass is 10.1. The minimum Gasteiger partial charge on any atom is -0.366 e. The van der Waals surface area contributed by atoms with E-state index in [9.17, 15) is 13.2 Å². The van der Waals surface area contributed by atoms with Crippen molar-refractivity contribution in [3.8, 4) is 0 Å². The molecule has 1 aliphatic rings. The number of benzene rings is 1. The maximum absolute atomic E-state index is 12.5. The van der Waals surface area contributed by atoms with Crippen molar-refractivity contribution in [1.29, 1.82) is 0 Å². The molecule has 1 fully saturated rings. The maximum atomic E-state index is 12.5. The van der Waals surface area contributed by atoms with Gasteiger partial charge < -0.3 is 11.5 Å². The Bertz CT molecular complexity index is 626. The van der Waals surface area contributed by atoms with Crippen molar-refractivity contribution < 1.29 is 13.2 Å². The smallest absolute Gasteiger partial charge is 0.249 e. The van der Waals surface area contributed by atoms with Crippen LogP contribution in [0, 0.1) is 6.92 Å². The predicted molar refractivity (Wildman–Crippen MR) is 82.9 cm³/mol. The number of sulfonamides is 1. The fourth-order valence-corrected chi connectivity index (χ4v) is 3.79. The van der Waals surface area contributed by atoms with E-state index >= 15 is 0 Å². The van der Waals surface area contributed by atoms with Gasteiger partial charge in [-0.05, 0) is 37.5 Å². The largest absolute Gasteiger partial charge is 0.366 e. The van der Waals surface area contributed by atoms with Gasteiger partial charge in [0.25, 0.3) is 0 Å². The number of hydrogen-bond acceptors (Lipinski definition) is 4. The molecule has 0 aromatic heterocycles. The second kappa shape index (κ2) is 6.74. The van der Waals surface area contributed by atoms with E-state index in [0.717, 1.165) is 0 Å². The summed E-state index contributed by atoms with van der Waals surface area (Å²) in [5.41, 5.74) is 11.9. The summed E-state index contributed by atoms with van der Waals surface area (Å²) >= 11 is 0. The lowest BCUT2D eigenvalue weighted by molar-refractivity contribution is 0.0999. The van der Waals surface area contributed by atoms with Crippen LogP contribution in [0.3, 0.4) is 0 Å². The van der Waals surface area contributed by atoms with E-state index in [1.54, 1.807) is 13.0 Å². The fourth-order valence-electron chi connectivity index (χ4n) is 2.29. The number of piperidine rings is 1. The standard InChI is InChI=1S/C13H19N3O3S.ClH/c1-9-2-3-11(8-12(9)13(15)17)20(18,19)16-6-4-10(14)5-7-16;/h2-3,8,10H,4-7,14H2,1H3,(H2,15,17);1H. The van der Waals surface area contributed by atoms with Crippen molar-refractivity contribution in [3.63, 3.8) is 0 Å². The molecule has 118 valence electrons. The number of rotatable bonds is 3. The highest BCUT2D eigenvalue weighted by molar-refractivity contribution is 7.89. The molecular weight excluding hydrogens is 314 g/mol. The Hall–Kier alpha value is -1.15. The molecule has 0 radical (unpaired) electrons. The summed E-state index contributed by atoms with van der Waals surface area (Å²) in [4.78, 5) is 11.4. The Morgan fingerprint density at radius 3 is 2.38 bits per heavy atom. The van der Waals surface area contributed by atoms with Crippen molar-refractivity contribution >= 4 is 28.3 Å². The summed E-state index contributed by atoms with van der Waals surface area (Å²) in [6.45, 7) is 2.53. The van der Waals surface area contributed by atoms with E-state index in [2.05, 4.69) is 0 Å². The van der Waals surface area contributed by atoms with Gasteiger partial charge in [0.15, 0.2) is 0 Å². The number of aryl methyl sites for hydroxylation is 1. The molecule has 1 aliphatic heterocycles. The van der Waals surface area contributed by atoms with E-state index in [4.69, 9.17) is 11.5 Å². The Morgan fingerprint density at radius 1 is 1.29 bits per heavy atom. The lowest BCUT2D eigenvalue weighted by Crippen LogP contribution is -2.42. The highest BCUT2D eigenvalue weighted by Crippen LogP contribution is 2.22. The second-order valence-corrected chi connectivity index (χ2v) is 7.02. The molecule has 0 bridgehead atoms. The number of hydrogen-bond donors (Lipinski definition) is 2. The molecule has 1 saturated heterocycles. The molecule has 8 heteroatoms. The van der Waals surface area contributed by atoms with Crippen molar-refractivity contribution in [1.82, 2.24) is 4.31 Å². The molecule has 2 rings (SSSR count). The minimum atomic E-state index is -3.59. The van der Waals surface area contributed by atoms with Crippen LogP contribution < -0.4 is 11.5 Å². The van der Waals surface area contributed by atoms with Crippen molar-refractivity contribution in [3.05, 3.63) is 29.3 Å². The summed E-state index contributed by atoms with van der Waals surface area (Å²) in [7, 11) is -3.59. The third-order valence-electron chi connectivity index (χ3n) is 3.61. The maximum Gasteiger partial charge on any atom is 0.249 e. The molecule has 1 amide bonds. The lowest BCUT2D eigenvalue weighted by Gasteiger charge is -2.29. The topological polar surface area (TPSA) is 106 Å². The number of carbonyl (C=O) groups excluding carboxylic acids is 1. The molecule has 0 saturated carbocycles. The Kier molecular flexibility index (Phi) is 5.75. The van der Waals surface area contributed by atoms with Gasteiger partial charge in [-0.25, -0.2) is 8.42 Å². The second-order valence-electron chi connectivity index (χ2n) is 5.08. The van der Waals surface area contributed by atoms with Crippen LogP contribution in [0.15, 0.2) is 23.1 Å². The first-order valence-corrected chi connectivity index (χ1v) is 7.92. The van der Waals surface area contributed by atoms with Crippen LogP contribution in [0.2, 0.25) is 0 Å². The highest BCUT2D eigenvalue weighted by atomic mass is 35.5. The van der Waals surface area contributed by atoms with Crippen LogP contribution in [0.25, 0.3) is 0 Å². The molecule has 21 heavy (non-hydrogen) atoms. The Labute approximate surface area is 130 Å². The van der Waals surface area contributed by atoms with Gasteiger partial charge >= 0.3 is 0 Å². The molecule has 1 aromatic rings. The van der Waals surface area contributed by atoms with E-state index in [1.165, 1.54) is 16.4 Å². The zero-order chi connectivity index (χ0) is 14.9. The zero-order valence-corrected chi connectivity index (χ0v) is 13.4. The Morgan fingerprint density at radius 2 is 1.86 bits per heavy atom. The van der Waals surface area contributed by atoms with Gasteiger partial charge in [-0.2, -0.15) is 4.31 Å². The summed E-state index contributed by atoms with van der Waals surface area (Å²) in [6.07, 6.45) is 1.29. The third kappa shape index (κ3) is 3.74. The number of nitrogens with two attached hydrogens (primary N) is 2. The molecular formula is C13H20ClN3O3S. The number of primary amides is 1. The van der Waals surface area contributed by atoms with Gasteiger partial charge in [0.05, 0.1) is 4.90 Å². The summed E-state index contributed by atoms with van der Waals surface area (Å²) in [5, 5.41) is 0. The van der Waals surface area contributed by atoms with Gasteiger partial charge in [-0.15, -0.1) is 12.4 Å². The third-order valence-corrected chi connectivity index (χ3v) is 5.51. The molecule has 1 heterocycles. The predicted octanol–water partition coefficient (Wildman–Crippen LogP) is 0.628. The van der Waals surface area contributed by atoms with E-state index in [-0.39, 0.29) is 28.9 Å². The average Bonchev–Trinajstić information content (AvgIpc) is 2.39. The zero-order valence-electron chi connectivity index (χ0n) is 11.8. The number of carbonyl (C=O) groups is 1. The molecule has 0 aliphatic carbocycles. The summed E-state index contributed by atoms with van der Waals surface area (Å²) < 4.78 is 26.4. The molecule has 0 atom stereocenters. The van der Waals surface area contributed by atoms with E-state index < -0.39 is 15.9 Å². The van der Waals surface area contributed by atoms with Crippen LogP contribution in [-0.2, 0) is 10.0 Å². The van der Waals surface area contributed by atoms with Crippen LogP contribution in [0.1, 0.15) is 28.8 Å². The first kappa shape index (κ1) is 17.9. The van der Waals surface area contributed by atoms with Gasteiger partial charge in [0.2, 0.25) is 15.9 Å². The first-order chi connectivity index (χ1) is 9.32. The molecule has 0 unspecified atom stereocenters. The molecule has 1 aromatic carbocycles. The van der Waals surface area contributed by atoms with Gasteiger partial charge in [-0.1, -0.05) is 6.07 Å². The average molecular weight is 334 g/mol. The fraction of sp³-hybridized carbons (Fsp3) is 0.462. The van der Waals surface area contributed by atoms with Crippen LogP contribution >= 0.6 is 12.4 Å². The number of halogens is 1. The molecule has 0 spiro atoms. The van der Waals surface area contributed by atoms with Crippen molar-refractivity contribution in [2.45, 2.75) is 30.7 Å².